The van der Waals surface area contributed by atoms with E-state index in [4.69, 9.17) is 4.74 Å². The van der Waals surface area contributed by atoms with Crippen LogP contribution in [0.3, 0.4) is 0 Å². The largest absolute Gasteiger partial charge is 0.383 e. The van der Waals surface area contributed by atoms with Crippen molar-refractivity contribution >= 4 is 0 Å². The third-order valence-corrected chi connectivity index (χ3v) is 3.12. The average molecular weight is 239 g/mol. The molecule has 0 amide bonds. The zero-order valence-corrected chi connectivity index (χ0v) is 11.5. The lowest BCUT2D eigenvalue weighted by molar-refractivity contribution is 0.199. The lowest BCUT2D eigenvalue weighted by Gasteiger charge is -2.15. The second kappa shape index (κ2) is 7.45. The Morgan fingerprint density at radius 2 is 2.29 bits per heavy atom. The molecule has 0 radical (unpaired) electrons. The number of aromatic nitrogens is 2. The van der Waals surface area contributed by atoms with Gasteiger partial charge in [0.25, 0.3) is 0 Å². The van der Waals surface area contributed by atoms with Crippen LogP contribution in [0.25, 0.3) is 0 Å². The number of hydrogen-bond acceptors (Lipinski definition) is 3. The lowest BCUT2D eigenvalue weighted by Crippen LogP contribution is -2.21. The van der Waals surface area contributed by atoms with Gasteiger partial charge in [-0.15, -0.1) is 0 Å². The summed E-state index contributed by atoms with van der Waals surface area (Å²) in [5.74, 6) is 1.80. The van der Waals surface area contributed by atoms with Crippen molar-refractivity contribution in [1.29, 1.82) is 0 Å². The van der Waals surface area contributed by atoms with E-state index < -0.39 is 0 Å². The molecular formula is C13H25N3O. The van der Waals surface area contributed by atoms with E-state index in [0.29, 0.717) is 5.92 Å². The maximum absolute atomic E-state index is 5.01. The van der Waals surface area contributed by atoms with Gasteiger partial charge in [0, 0.05) is 32.9 Å². The molecule has 1 atom stereocenters. The standard InChI is InChI=1S/C13H25N3O/c1-5-11(2)10-16-12(3)15-9-13(16)8-14-6-7-17-4/h9,11,14H,5-8,10H2,1-4H3. The van der Waals surface area contributed by atoms with Crippen LogP contribution in [0.1, 0.15) is 31.8 Å². The molecule has 1 heterocycles. The molecule has 0 bridgehead atoms. The Hall–Kier alpha value is -0.870. The summed E-state index contributed by atoms with van der Waals surface area (Å²) in [7, 11) is 1.72. The summed E-state index contributed by atoms with van der Waals surface area (Å²) in [6.45, 7) is 10.1. The Balaban J connectivity index is 2.53. The summed E-state index contributed by atoms with van der Waals surface area (Å²) in [6.07, 6.45) is 3.17. The van der Waals surface area contributed by atoms with Crippen LogP contribution in [0.2, 0.25) is 0 Å². The van der Waals surface area contributed by atoms with E-state index in [1.807, 2.05) is 6.20 Å². The predicted molar refractivity (Wildman–Crippen MR) is 70.0 cm³/mol. The normalized spacial score (nSPS) is 12.9. The molecule has 4 heteroatoms. The van der Waals surface area contributed by atoms with Gasteiger partial charge in [0.15, 0.2) is 0 Å². The number of nitrogens with one attached hydrogen (secondary N) is 1. The second-order valence-corrected chi connectivity index (χ2v) is 4.59. The van der Waals surface area contributed by atoms with Gasteiger partial charge in [0.2, 0.25) is 0 Å². The zero-order valence-electron chi connectivity index (χ0n) is 11.5. The molecule has 0 fully saturated rings. The molecule has 17 heavy (non-hydrogen) atoms. The van der Waals surface area contributed by atoms with Crippen molar-refractivity contribution in [1.82, 2.24) is 14.9 Å². The molecule has 1 N–H and O–H groups in total. The maximum atomic E-state index is 5.01. The molecule has 0 aliphatic rings. The third-order valence-electron chi connectivity index (χ3n) is 3.12. The minimum Gasteiger partial charge on any atom is -0.383 e. The number of aryl methyl sites for hydroxylation is 1. The van der Waals surface area contributed by atoms with Crippen molar-refractivity contribution < 1.29 is 4.74 Å². The first-order valence-corrected chi connectivity index (χ1v) is 6.39. The number of methoxy groups -OCH3 is 1. The number of hydrogen-bond donors (Lipinski definition) is 1. The van der Waals surface area contributed by atoms with Crippen molar-refractivity contribution in [2.45, 2.75) is 40.3 Å². The molecule has 98 valence electrons. The van der Waals surface area contributed by atoms with Gasteiger partial charge in [-0.1, -0.05) is 20.3 Å². The molecule has 0 saturated carbocycles. The van der Waals surface area contributed by atoms with Crippen molar-refractivity contribution in [3.05, 3.63) is 17.7 Å². The van der Waals surface area contributed by atoms with Crippen molar-refractivity contribution in [3.8, 4) is 0 Å². The van der Waals surface area contributed by atoms with Crippen molar-refractivity contribution in [2.24, 2.45) is 5.92 Å². The fourth-order valence-corrected chi connectivity index (χ4v) is 1.74. The molecule has 1 unspecified atom stereocenters. The smallest absolute Gasteiger partial charge is 0.105 e. The monoisotopic (exact) mass is 239 g/mol. The summed E-state index contributed by atoms with van der Waals surface area (Å²) >= 11 is 0. The van der Waals surface area contributed by atoms with Crippen LogP contribution in [-0.4, -0.2) is 29.8 Å². The minimum absolute atomic E-state index is 0.695. The topological polar surface area (TPSA) is 39.1 Å². The Bertz CT molecular complexity index is 322. The average Bonchev–Trinajstić information content (AvgIpc) is 2.67. The highest BCUT2D eigenvalue weighted by atomic mass is 16.5. The van der Waals surface area contributed by atoms with Crippen molar-refractivity contribution in [3.63, 3.8) is 0 Å². The quantitative estimate of drug-likeness (QED) is 0.705. The van der Waals surface area contributed by atoms with Crippen LogP contribution in [0, 0.1) is 12.8 Å². The Morgan fingerprint density at radius 1 is 1.53 bits per heavy atom. The van der Waals surface area contributed by atoms with E-state index in [0.717, 1.165) is 32.1 Å². The van der Waals surface area contributed by atoms with Crippen LogP contribution < -0.4 is 5.32 Å². The van der Waals surface area contributed by atoms with Gasteiger partial charge in [0.1, 0.15) is 5.82 Å². The predicted octanol–water partition coefficient (Wildman–Crippen LogP) is 1.97. The first-order chi connectivity index (χ1) is 8.19. The highest BCUT2D eigenvalue weighted by molar-refractivity contribution is 5.04. The molecule has 1 rings (SSSR count). The first kappa shape index (κ1) is 14.2. The van der Waals surface area contributed by atoms with Gasteiger partial charge in [-0.3, -0.25) is 0 Å². The van der Waals surface area contributed by atoms with E-state index in [2.05, 4.69) is 35.6 Å². The van der Waals surface area contributed by atoms with E-state index in [-0.39, 0.29) is 0 Å². The van der Waals surface area contributed by atoms with Gasteiger partial charge >= 0.3 is 0 Å². The zero-order chi connectivity index (χ0) is 12.7. The molecule has 0 aliphatic carbocycles. The third kappa shape index (κ3) is 4.48. The van der Waals surface area contributed by atoms with Crippen LogP contribution in [-0.2, 0) is 17.8 Å². The Labute approximate surface area is 104 Å². The lowest BCUT2D eigenvalue weighted by atomic mass is 10.1. The SMILES string of the molecule is CCC(C)Cn1c(CNCCOC)cnc1C. The summed E-state index contributed by atoms with van der Waals surface area (Å²) in [5.41, 5.74) is 1.26. The highest BCUT2D eigenvalue weighted by Crippen LogP contribution is 2.11. The molecule has 4 nitrogen and oxygen atoms in total. The highest BCUT2D eigenvalue weighted by Gasteiger charge is 2.08. The summed E-state index contributed by atoms with van der Waals surface area (Å²) in [4.78, 5) is 4.39. The fourth-order valence-electron chi connectivity index (χ4n) is 1.74. The molecule has 1 aromatic heterocycles. The van der Waals surface area contributed by atoms with Crippen molar-refractivity contribution in [2.75, 3.05) is 20.3 Å². The fraction of sp³-hybridized carbons (Fsp3) is 0.769. The maximum Gasteiger partial charge on any atom is 0.105 e. The number of imidazole rings is 1. The number of rotatable bonds is 8. The Morgan fingerprint density at radius 3 is 2.94 bits per heavy atom. The van der Waals surface area contributed by atoms with Crippen LogP contribution in [0.15, 0.2) is 6.20 Å². The number of nitrogens with zero attached hydrogens (tertiary/aromatic N) is 2. The van der Waals surface area contributed by atoms with E-state index >= 15 is 0 Å². The minimum atomic E-state index is 0.695. The molecule has 1 aromatic rings. The van der Waals surface area contributed by atoms with Crippen LogP contribution in [0.4, 0.5) is 0 Å². The summed E-state index contributed by atoms with van der Waals surface area (Å²) < 4.78 is 7.33. The molecule has 0 aromatic carbocycles. The Kier molecular flexibility index (Phi) is 6.22. The van der Waals surface area contributed by atoms with Gasteiger partial charge < -0.3 is 14.6 Å². The molecular weight excluding hydrogens is 214 g/mol. The van der Waals surface area contributed by atoms with Crippen LogP contribution in [0.5, 0.6) is 0 Å². The van der Waals surface area contributed by atoms with Gasteiger partial charge in [-0.2, -0.15) is 0 Å². The van der Waals surface area contributed by atoms with E-state index in [1.165, 1.54) is 12.1 Å². The molecule has 0 aliphatic heterocycles. The van der Waals surface area contributed by atoms with Gasteiger partial charge in [0.05, 0.1) is 12.3 Å². The molecule has 0 spiro atoms. The van der Waals surface area contributed by atoms with E-state index in [9.17, 15) is 0 Å². The summed E-state index contributed by atoms with van der Waals surface area (Å²) in [5, 5.41) is 3.36. The number of ether oxygens (including phenoxy) is 1. The van der Waals surface area contributed by atoms with Gasteiger partial charge in [-0.25, -0.2) is 4.98 Å². The first-order valence-electron chi connectivity index (χ1n) is 6.39. The van der Waals surface area contributed by atoms with E-state index in [1.54, 1.807) is 7.11 Å². The van der Waals surface area contributed by atoms with Crippen LogP contribution >= 0.6 is 0 Å². The molecule has 0 saturated heterocycles. The summed E-state index contributed by atoms with van der Waals surface area (Å²) in [6, 6.07) is 0. The van der Waals surface area contributed by atoms with Gasteiger partial charge in [-0.05, 0) is 12.8 Å². The second-order valence-electron chi connectivity index (χ2n) is 4.59.